The highest BCUT2D eigenvalue weighted by Crippen LogP contribution is 2.31. The second-order valence-electron chi connectivity index (χ2n) is 5.63. The lowest BCUT2D eigenvalue weighted by Gasteiger charge is -2.20. The molecule has 0 aliphatic heterocycles. The zero-order chi connectivity index (χ0) is 14.7. The van der Waals surface area contributed by atoms with Crippen LogP contribution < -0.4 is 0 Å². The van der Waals surface area contributed by atoms with Gasteiger partial charge < -0.3 is 9.52 Å². The minimum atomic E-state index is 0.282. The van der Waals surface area contributed by atoms with Crippen LogP contribution >= 0.6 is 11.3 Å². The van der Waals surface area contributed by atoms with E-state index in [4.69, 9.17) is 9.52 Å². The summed E-state index contributed by atoms with van der Waals surface area (Å²) in [5.74, 6) is 1.66. The minimum Gasteiger partial charge on any atom is -0.440 e. The van der Waals surface area contributed by atoms with Gasteiger partial charge in [-0.1, -0.05) is 6.07 Å². The molecule has 0 atom stereocenters. The molecular formula is C16H22N2O2S. The van der Waals surface area contributed by atoms with E-state index in [-0.39, 0.29) is 6.61 Å². The van der Waals surface area contributed by atoms with Gasteiger partial charge in [0.25, 0.3) is 0 Å². The maximum atomic E-state index is 8.93. The van der Waals surface area contributed by atoms with Gasteiger partial charge in [-0.05, 0) is 50.6 Å². The molecule has 5 heteroatoms. The van der Waals surface area contributed by atoms with Crippen LogP contribution in [0.4, 0.5) is 0 Å². The van der Waals surface area contributed by atoms with Crippen molar-refractivity contribution in [3.63, 3.8) is 0 Å². The molecular weight excluding hydrogens is 284 g/mol. The summed E-state index contributed by atoms with van der Waals surface area (Å²) in [7, 11) is 0. The molecule has 0 aromatic carbocycles. The van der Waals surface area contributed by atoms with E-state index in [1.165, 1.54) is 12.8 Å². The van der Waals surface area contributed by atoms with Crippen LogP contribution in [0.2, 0.25) is 0 Å². The number of aromatic nitrogens is 1. The van der Waals surface area contributed by atoms with Crippen molar-refractivity contribution in [3.05, 3.63) is 29.0 Å². The third-order valence-corrected chi connectivity index (χ3v) is 4.75. The topological polar surface area (TPSA) is 49.5 Å². The Hall–Kier alpha value is -1.17. The van der Waals surface area contributed by atoms with Crippen LogP contribution in [-0.2, 0) is 6.54 Å². The molecule has 114 valence electrons. The van der Waals surface area contributed by atoms with Gasteiger partial charge >= 0.3 is 0 Å². The zero-order valence-corrected chi connectivity index (χ0v) is 13.2. The third kappa shape index (κ3) is 3.73. The molecule has 2 aromatic heterocycles. The first kappa shape index (κ1) is 14.8. The van der Waals surface area contributed by atoms with Gasteiger partial charge in [-0.2, -0.15) is 0 Å². The molecule has 0 unspecified atom stereocenters. The first-order valence-corrected chi connectivity index (χ1v) is 8.51. The van der Waals surface area contributed by atoms with E-state index in [0.29, 0.717) is 6.04 Å². The average molecular weight is 306 g/mol. The van der Waals surface area contributed by atoms with E-state index in [2.05, 4.69) is 9.88 Å². The Bertz CT molecular complexity index is 561. The van der Waals surface area contributed by atoms with E-state index in [1.54, 1.807) is 11.3 Å². The molecule has 1 fully saturated rings. The SMILES string of the molecule is Cc1oc(-c2cccs2)nc1CN(CCCCO)C1CC1. The maximum Gasteiger partial charge on any atom is 0.236 e. The Kier molecular flexibility index (Phi) is 4.73. The van der Waals surface area contributed by atoms with Crippen LogP contribution in [0.3, 0.4) is 0 Å². The second-order valence-corrected chi connectivity index (χ2v) is 6.58. The summed E-state index contributed by atoms with van der Waals surface area (Å²) in [6, 6.07) is 4.76. The number of aliphatic hydroxyl groups excluding tert-OH is 1. The van der Waals surface area contributed by atoms with Gasteiger partial charge in [0.1, 0.15) is 5.76 Å². The summed E-state index contributed by atoms with van der Waals surface area (Å²) in [5, 5.41) is 11.0. The predicted octanol–water partition coefficient (Wildman–Crippen LogP) is 3.45. The summed E-state index contributed by atoms with van der Waals surface area (Å²) < 4.78 is 5.82. The largest absolute Gasteiger partial charge is 0.440 e. The molecule has 1 N–H and O–H groups in total. The van der Waals surface area contributed by atoms with Gasteiger partial charge in [0.2, 0.25) is 5.89 Å². The smallest absolute Gasteiger partial charge is 0.236 e. The lowest BCUT2D eigenvalue weighted by atomic mass is 10.2. The average Bonchev–Trinajstić information content (AvgIpc) is 3.05. The molecule has 2 aromatic rings. The monoisotopic (exact) mass is 306 g/mol. The van der Waals surface area contributed by atoms with Gasteiger partial charge in [0.15, 0.2) is 0 Å². The van der Waals surface area contributed by atoms with Crippen molar-refractivity contribution in [1.82, 2.24) is 9.88 Å². The van der Waals surface area contributed by atoms with Crippen LogP contribution in [0.15, 0.2) is 21.9 Å². The van der Waals surface area contributed by atoms with Gasteiger partial charge in [0.05, 0.1) is 10.6 Å². The molecule has 0 spiro atoms. The molecule has 1 aliphatic rings. The Morgan fingerprint density at radius 3 is 2.95 bits per heavy atom. The normalized spacial score (nSPS) is 15.0. The lowest BCUT2D eigenvalue weighted by molar-refractivity contribution is 0.226. The molecule has 1 saturated carbocycles. The Morgan fingerprint density at radius 1 is 1.43 bits per heavy atom. The molecule has 3 rings (SSSR count). The molecule has 1 aliphatic carbocycles. The highest BCUT2D eigenvalue weighted by Gasteiger charge is 2.29. The number of aryl methyl sites for hydroxylation is 1. The van der Waals surface area contributed by atoms with E-state index < -0.39 is 0 Å². The summed E-state index contributed by atoms with van der Waals surface area (Å²) in [6.45, 7) is 4.17. The molecule has 2 heterocycles. The molecule has 4 nitrogen and oxygen atoms in total. The number of aliphatic hydroxyl groups is 1. The second kappa shape index (κ2) is 6.73. The number of oxazole rings is 1. The highest BCUT2D eigenvalue weighted by molar-refractivity contribution is 7.13. The maximum absolute atomic E-state index is 8.93. The number of hydrogen-bond donors (Lipinski definition) is 1. The van der Waals surface area contributed by atoms with Crippen molar-refractivity contribution < 1.29 is 9.52 Å². The van der Waals surface area contributed by atoms with Crippen molar-refractivity contribution in [3.8, 4) is 10.8 Å². The van der Waals surface area contributed by atoms with Crippen molar-refractivity contribution in [2.24, 2.45) is 0 Å². The molecule has 21 heavy (non-hydrogen) atoms. The summed E-state index contributed by atoms with van der Waals surface area (Å²) in [5.41, 5.74) is 1.05. The van der Waals surface area contributed by atoms with Crippen molar-refractivity contribution in [2.45, 2.75) is 45.2 Å². The number of unbranched alkanes of at least 4 members (excludes halogenated alkanes) is 1. The van der Waals surface area contributed by atoms with Gasteiger partial charge in [-0.3, -0.25) is 4.90 Å². The van der Waals surface area contributed by atoms with Crippen LogP contribution in [0.5, 0.6) is 0 Å². The fraction of sp³-hybridized carbons (Fsp3) is 0.562. The lowest BCUT2D eigenvalue weighted by Crippen LogP contribution is -2.27. The summed E-state index contributed by atoms with van der Waals surface area (Å²) >= 11 is 1.65. The quantitative estimate of drug-likeness (QED) is 0.759. The van der Waals surface area contributed by atoms with Crippen LogP contribution in [0.1, 0.15) is 37.1 Å². The fourth-order valence-electron chi connectivity index (χ4n) is 2.53. The molecule has 0 saturated heterocycles. The Labute approximate surface area is 129 Å². The summed E-state index contributed by atoms with van der Waals surface area (Å²) in [6.07, 6.45) is 4.49. The Morgan fingerprint density at radius 2 is 2.29 bits per heavy atom. The van der Waals surface area contributed by atoms with Gasteiger partial charge in [0, 0.05) is 19.2 Å². The van der Waals surface area contributed by atoms with Crippen molar-refractivity contribution in [1.29, 1.82) is 0 Å². The molecule has 0 bridgehead atoms. The first-order chi connectivity index (χ1) is 10.3. The fourth-order valence-corrected chi connectivity index (χ4v) is 3.18. The number of rotatable bonds is 8. The van der Waals surface area contributed by atoms with E-state index >= 15 is 0 Å². The van der Waals surface area contributed by atoms with E-state index in [9.17, 15) is 0 Å². The first-order valence-electron chi connectivity index (χ1n) is 7.63. The number of hydrogen-bond acceptors (Lipinski definition) is 5. The number of thiophene rings is 1. The summed E-state index contributed by atoms with van der Waals surface area (Å²) in [4.78, 5) is 8.25. The van der Waals surface area contributed by atoms with Crippen LogP contribution in [0, 0.1) is 6.92 Å². The van der Waals surface area contributed by atoms with E-state index in [0.717, 1.165) is 48.2 Å². The third-order valence-electron chi connectivity index (χ3n) is 3.89. The molecule has 0 radical (unpaired) electrons. The van der Waals surface area contributed by atoms with Gasteiger partial charge in [-0.25, -0.2) is 4.98 Å². The van der Waals surface area contributed by atoms with Crippen LogP contribution in [0.25, 0.3) is 10.8 Å². The van der Waals surface area contributed by atoms with Crippen molar-refractivity contribution in [2.75, 3.05) is 13.2 Å². The molecule has 0 amide bonds. The standard InChI is InChI=1S/C16H22N2O2S/c1-12-14(17-16(20-12)15-5-4-10-21-15)11-18(13-6-7-13)8-2-3-9-19/h4-5,10,13,19H,2-3,6-9,11H2,1H3. The van der Waals surface area contributed by atoms with E-state index in [1.807, 2.05) is 24.4 Å². The Balaban J connectivity index is 1.68. The minimum absolute atomic E-state index is 0.282. The van der Waals surface area contributed by atoms with Crippen LogP contribution in [-0.4, -0.2) is 34.2 Å². The highest BCUT2D eigenvalue weighted by atomic mass is 32.1. The van der Waals surface area contributed by atoms with Gasteiger partial charge in [-0.15, -0.1) is 11.3 Å². The predicted molar refractivity (Wildman–Crippen MR) is 84.3 cm³/mol. The zero-order valence-electron chi connectivity index (χ0n) is 12.4. The van der Waals surface area contributed by atoms with Crippen molar-refractivity contribution >= 4 is 11.3 Å². The number of nitrogens with zero attached hydrogens (tertiary/aromatic N) is 2.